The van der Waals surface area contributed by atoms with Crippen LogP contribution in [0.1, 0.15) is 42.1 Å². The number of ether oxygens (including phenoxy) is 1. The molecule has 4 nitrogen and oxygen atoms in total. The predicted molar refractivity (Wildman–Crippen MR) is 96.6 cm³/mol. The Labute approximate surface area is 148 Å². The summed E-state index contributed by atoms with van der Waals surface area (Å²) in [6, 6.07) is 16.3. The second-order valence-electron chi connectivity index (χ2n) is 6.59. The molecule has 4 heteroatoms. The molecule has 0 aliphatic carbocycles. The van der Waals surface area contributed by atoms with E-state index in [0.717, 1.165) is 25.9 Å². The van der Waals surface area contributed by atoms with E-state index >= 15 is 0 Å². The summed E-state index contributed by atoms with van der Waals surface area (Å²) >= 11 is 0. The zero-order chi connectivity index (χ0) is 17.6. The average molecular weight is 334 g/mol. The molecule has 2 aromatic rings. The third-order valence-corrected chi connectivity index (χ3v) is 4.60. The quantitative estimate of drug-likeness (QED) is 0.823. The molecule has 1 fully saturated rings. The van der Waals surface area contributed by atoms with Crippen LogP contribution in [0.3, 0.4) is 0 Å². The average Bonchev–Trinajstić information content (AvgIpc) is 2.86. The van der Waals surface area contributed by atoms with E-state index in [2.05, 4.69) is 13.0 Å². The summed E-state index contributed by atoms with van der Waals surface area (Å²) in [6.45, 7) is 3.89. The number of hydrogen-bond acceptors (Lipinski definition) is 3. The van der Waals surface area contributed by atoms with Crippen LogP contribution in [0.15, 0.2) is 48.5 Å². The van der Waals surface area contributed by atoms with Gasteiger partial charge < -0.3 is 9.64 Å². The fourth-order valence-corrected chi connectivity index (χ4v) is 3.07. The van der Waals surface area contributed by atoms with Crippen molar-refractivity contribution in [1.82, 2.24) is 4.90 Å². The highest BCUT2D eigenvalue weighted by Gasteiger charge is 2.20. The van der Waals surface area contributed by atoms with Crippen LogP contribution in [-0.2, 0) is 0 Å². The van der Waals surface area contributed by atoms with E-state index in [1.165, 1.54) is 6.42 Å². The van der Waals surface area contributed by atoms with Crippen LogP contribution in [0.2, 0.25) is 0 Å². The Hall–Kier alpha value is -2.80. The molecule has 1 amide bonds. The zero-order valence-corrected chi connectivity index (χ0v) is 14.4. The van der Waals surface area contributed by atoms with Crippen LogP contribution in [0, 0.1) is 17.2 Å². The molecule has 0 aromatic heterocycles. The van der Waals surface area contributed by atoms with Crippen molar-refractivity contribution in [3.63, 3.8) is 0 Å². The van der Waals surface area contributed by atoms with Gasteiger partial charge in [-0.15, -0.1) is 0 Å². The van der Waals surface area contributed by atoms with Gasteiger partial charge in [-0.05, 0) is 67.6 Å². The second-order valence-corrected chi connectivity index (χ2v) is 6.59. The van der Waals surface area contributed by atoms with E-state index in [1.807, 2.05) is 23.1 Å². The SMILES string of the molecule is C[C@H]1CCCN(C(=O)c2cccc(Oc3ccc(C#N)cc3)c2)CC1. The maximum Gasteiger partial charge on any atom is 0.253 e. The van der Waals surface area contributed by atoms with Gasteiger partial charge in [0.15, 0.2) is 0 Å². The van der Waals surface area contributed by atoms with Crippen molar-refractivity contribution in [2.75, 3.05) is 13.1 Å². The second kappa shape index (κ2) is 7.85. The molecule has 25 heavy (non-hydrogen) atoms. The molecule has 0 unspecified atom stereocenters. The lowest BCUT2D eigenvalue weighted by Crippen LogP contribution is -2.31. The number of amides is 1. The molecule has 0 N–H and O–H groups in total. The number of hydrogen-bond donors (Lipinski definition) is 0. The number of benzene rings is 2. The predicted octanol–water partition coefficient (Wildman–Crippen LogP) is 4.61. The highest BCUT2D eigenvalue weighted by molar-refractivity contribution is 5.94. The first-order valence-electron chi connectivity index (χ1n) is 8.73. The van der Waals surface area contributed by atoms with Crippen molar-refractivity contribution in [1.29, 1.82) is 5.26 Å². The molecular formula is C21H22N2O2. The normalized spacial score (nSPS) is 17.4. The standard InChI is InChI=1S/C21H22N2O2/c1-16-4-3-12-23(13-11-16)21(24)18-5-2-6-20(14-18)25-19-9-7-17(15-22)8-10-19/h2,5-10,14,16H,3-4,11-13H2,1H3/t16-/m0/s1. The van der Waals surface area contributed by atoms with Crippen molar-refractivity contribution in [2.24, 2.45) is 5.92 Å². The molecule has 128 valence electrons. The monoisotopic (exact) mass is 334 g/mol. The minimum absolute atomic E-state index is 0.0689. The minimum Gasteiger partial charge on any atom is -0.457 e. The summed E-state index contributed by atoms with van der Waals surface area (Å²) in [6.07, 6.45) is 3.31. The Morgan fingerprint density at radius 3 is 2.68 bits per heavy atom. The summed E-state index contributed by atoms with van der Waals surface area (Å²) < 4.78 is 5.82. The number of carbonyl (C=O) groups excluding carboxylic acids is 1. The van der Waals surface area contributed by atoms with Crippen molar-refractivity contribution in [2.45, 2.75) is 26.2 Å². The van der Waals surface area contributed by atoms with Crippen molar-refractivity contribution in [3.8, 4) is 17.6 Å². The van der Waals surface area contributed by atoms with Gasteiger partial charge in [0.2, 0.25) is 0 Å². The summed E-state index contributed by atoms with van der Waals surface area (Å²) in [5.74, 6) is 2.02. The molecule has 0 bridgehead atoms. The molecule has 1 saturated heterocycles. The molecule has 1 atom stereocenters. The fraction of sp³-hybridized carbons (Fsp3) is 0.333. The fourth-order valence-electron chi connectivity index (χ4n) is 3.07. The van der Waals surface area contributed by atoms with Crippen LogP contribution in [0.5, 0.6) is 11.5 Å². The van der Waals surface area contributed by atoms with Crippen LogP contribution < -0.4 is 4.74 Å². The van der Waals surface area contributed by atoms with E-state index in [9.17, 15) is 4.79 Å². The van der Waals surface area contributed by atoms with Gasteiger partial charge in [0.1, 0.15) is 11.5 Å². The highest BCUT2D eigenvalue weighted by atomic mass is 16.5. The molecular weight excluding hydrogens is 312 g/mol. The van der Waals surface area contributed by atoms with Gasteiger partial charge >= 0.3 is 0 Å². The number of nitriles is 1. The van der Waals surface area contributed by atoms with Gasteiger partial charge in [0.05, 0.1) is 11.6 Å². The lowest BCUT2D eigenvalue weighted by Gasteiger charge is -2.20. The minimum atomic E-state index is 0.0689. The smallest absolute Gasteiger partial charge is 0.253 e. The maximum absolute atomic E-state index is 12.8. The van der Waals surface area contributed by atoms with Gasteiger partial charge in [0, 0.05) is 18.7 Å². The van der Waals surface area contributed by atoms with E-state index in [0.29, 0.717) is 28.5 Å². The largest absolute Gasteiger partial charge is 0.457 e. The molecule has 0 saturated carbocycles. The van der Waals surface area contributed by atoms with Gasteiger partial charge in [0.25, 0.3) is 5.91 Å². The van der Waals surface area contributed by atoms with Crippen molar-refractivity contribution >= 4 is 5.91 Å². The summed E-state index contributed by atoms with van der Waals surface area (Å²) in [7, 11) is 0. The first-order valence-corrected chi connectivity index (χ1v) is 8.73. The van der Waals surface area contributed by atoms with E-state index in [1.54, 1.807) is 30.3 Å². The lowest BCUT2D eigenvalue weighted by molar-refractivity contribution is 0.0760. The molecule has 2 aromatic carbocycles. The Bertz CT molecular complexity index is 777. The highest BCUT2D eigenvalue weighted by Crippen LogP contribution is 2.24. The Morgan fingerprint density at radius 2 is 1.92 bits per heavy atom. The molecule has 0 spiro atoms. The Kier molecular flexibility index (Phi) is 5.35. The Balaban J connectivity index is 1.72. The lowest BCUT2D eigenvalue weighted by atomic mass is 10.0. The Morgan fingerprint density at radius 1 is 1.12 bits per heavy atom. The zero-order valence-electron chi connectivity index (χ0n) is 14.4. The summed E-state index contributed by atoms with van der Waals surface area (Å²) in [5.41, 5.74) is 1.24. The molecule has 3 rings (SSSR count). The number of likely N-dealkylation sites (tertiary alicyclic amines) is 1. The van der Waals surface area contributed by atoms with E-state index in [-0.39, 0.29) is 5.91 Å². The van der Waals surface area contributed by atoms with E-state index in [4.69, 9.17) is 10.00 Å². The van der Waals surface area contributed by atoms with Gasteiger partial charge in [-0.1, -0.05) is 13.0 Å². The number of rotatable bonds is 3. The van der Waals surface area contributed by atoms with Crippen molar-refractivity contribution in [3.05, 3.63) is 59.7 Å². The first-order chi connectivity index (χ1) is 12.2. The van der Waals surface area contributed by atoms with Crippen LogP contribution in [0.25, 0.3) is 0 Å². The third kappa shape index (κ3) is 4.39. The molecule has 1 aliphatic heterocycles. The third-order valence-electron chi connectivity index (χ3n) is 4.60. The van der Waals surface area contributed by atoms with Gasteiger partial charge in [-0.25, -0.2) is 0 Å². The number of carbonyl (C=O) groups is 1. The topological polar surface area (TPSA) is 53.3 Å². The van der Waals surface area contributed by atoms with Crippen LogP contribution >= 0.6 is 0 Å². The molecule has 1 heterocycles. The number of nitrogens with zero attached hydrogens (tertiary/aromatic N) is 2. The van der Waals surface area contributed by atoms with Crippen LogP contribution in [0.4, 0.5) is 0 Å². The van der Waals surface area contributed by atoms with Gasteiger partial charge in [-0.2, -0.15) is 5.26 Å². The van der Waals surface area contributed by atoms with Crippen LogP contribution in [-0.4, -0.2) is 23.9 Å². The first kappa shape index (κ1) is 17.0. The van der Waals surface area contributed by atoms with Gasteiger partial charge in [-0.3, -0.25) is 4.79 Å². The molecule has 1 aliphatic rings. The summed E-state index contributed by atoms with van der Waals surface area (Å²) in [5, 5.41) is 8.84. The summed E-state index contributed by atoms with van der Waals surface area (Å²) in [4.78, 5) is 14.7. The molecule has 0 radical (unpaired) electrons. The van der Waals surface area contributed by atoms with Crippen molar-refractivity contribution < 1.29 is 9.53 Å². The maximum atomic E-state index is 12.8. The van der Waals surface area contributed by atoms with E-state index < -0.39 is 0 Å².